The van der Waals surface area contributed by atoms with Crippen LogP contribution in [-0.4, -0.2) is 0 Å². The van der Waals surface area contributed by atoms with Crippen LogP contribution in [0.1, 0.15) is 14.9 Å². The molecule has 0 bridgehead atoms. The molecule has 1 heteroatoms. The van der Waals surface area contributed by atoms with E-state index in [1.54, 1.807) is 0 Å². The standard InChI is InChI=1S/C6H6.2CH4.V/c1-2-4-6-5-3-1;;;/h1-6H;2*1H4;. The average molecular weight is 161 g/mol. The molecule has 0 aliphatic carbocycles. The molecule has 1 radical (unpaired) electrons. The quantitative estimate of drug-likeness (QED) is 0.548. The van der Waals surface area contributed by atoms with Gasteiger partial charge < -0.3 is 0 Å². The summed E-state index contributed by atoms with van der Waals surface area (Å²) in [7, 11) is 0. The van der Waals surface area contributed by atoms with Crippen molar-refractivity contribution in [3.05, 3.63) is 36.4 Å². The summed E-state index contributed by atoms with van der Waals surface area (Å²) in [6.07, 6.45) is 0. The summed E-state index contributed by atoms with van der Waals surface area (Å²) < 4.78 is 0. The molecule has 0 nitrogen and oxygen atoms in total. The van der Waals surface area contributed by atoms with Gasteiger partial charge in [0.2, 0.25) is 0 Å². The Bertz CT molecular complexity index is 76.5. The Hall–Kier alpha value is -0.196. The van der Waals surface area contributed by atoms with Crippen LogP contribution in [0.25, 0.3) is 0 Å². The van der Waals surface area contributed by atoms with Crippen molar-refractivity contribution >= 4 is 0 Å². The molecule has 0 saturated heterocycles. The van der Waals surface area contributed by atoms with Gasteiger partial charge in [-0.1, -0.05) is 51.3 Å². The Balaban J connectivity index is -0.000000120. The molecule has 0 unspecified atom stereocenters. The summed E-state index contributed by atoms with van der Waals surface area (Å²) in [6, 6.07) is 12.0. The van der Waals surface area contributed by atoms with Crippen molar-refractivity contribution in [2.24, 2.45) is 0 Å². The van der Waals surface area contributed by atoms with E-state index >= 15 is 0 Å². The van der Waals surface area contributed by atoms with Crippen LogP contribution in [0.5, 0.6) is 0 Å². The van der Waals surface area contributed by atoms with Gasteiger partial charge in [-0.15, -0.1) is 0 Å². The van der Waals surface area contributed by atoms with E-state index in [0.717, 1.165) is 0 Å². The van der Waals surface area contributed by atoms with Gasteiger partial charge in [-0.2, -0.15) is 0 Å². The van der Waals surface area contributed by atoms with Crippen molar-refractivity contribution in [2.45, 2.75) is 14.9 Å². The van der Waals surface area contributed by atoms with E-state index in [2.05, 4.69) is 0 Å². The fourth-order valence-electron chi connectivity index (χ4n) is 0.385. The smallest absolute Gasteiger partial charge is 0 e. The van der Waals surface area contributed by atoms with Crippen LogP contribution in [0.4, 0.5) is 0 Å². The summed E-state index contributed by atoms with van der Waals surface area (Å²) in [5.74, 6) is 0. The monoisotopic (exact) mass is 161 g/mol. The first kappa shape index (κ1) is 15.9. The van der Waals surface area contributed by atoms with E-state index in [4.69, 9.17) is 0 Å². The van der Waals surface area contributed by atoms with Crippen molar-refractivity contribution in [1.29, 1.82) is 0 Å². The molecule has 1 rings (SSSR count). The second-order valence-corrected chi connectivity index (χ2v) is 1.15. The molecule has 1 aromatic carbocycles. The van der Waals surface area contributed by atoms with Crippen LogP contribution in [0.2, 0.25) is 0 Å². The third-order valence-electron chi connectivity index (χ3n) is 0.667. The molecule has 1 aromatic rings. The maximum absolute atomic E-state index is 2.00. The summed E-state index contributed by atoms with van der Waals surface area (Å²) >= 11 is 0. The molecule has 9 heavy (non-hydrogen) atoms. The van der Waals surface area contributed by atoms with Crippen molar-refractivity contribution < 1.29 is 18.6 Å². The molecule has 0 amide bonds. The van der Waals surface area contributed by atoms with Crippen molar-refractivity contribution in [1.82, 2.24) is 0 Å². The number of hydrogen-bond acceptors (Lipinski definition) is 0. The molecule has 0 aliphatic rings. The summed E-state index contributed by atoms with van der Waals surface area (Å²) in [6.45, 7) is 0. The second kappa shape index (κ2) is 10.7. The normalized spacial score (nSPS) is 5.33. The molecule has 0 N–H and O–H groups in total. The zero-order valence-electron chi connectivity index (χ0n) is 3.91. The Morgan fingerprint density at radius 2 is 0.556 bits per heavy atom. The van der Waals surface area contributed by atoms with Crippen LogP contribution in [0.15, 0.2) is 36.4 Å². The molecule has 0 saturated carbocycles. The molecule has 0 atom stereocenters. The van der Waals surface area contributed by atoms with Gasteiger partial charge in [0.1, 0.15) is 0 Å². The Morgan fingerprint density at radius 1 is 0.444 bits per heavy atom. The van der Waals surface area contributed by atoms with Gasteiger partial charge in [0.15, 0.2) is 0 Å². The number of benzene rings is 1. The maximum atomic E-state index is 2.00. The fraction of sp³-hybridized carbons (Fsp3) is 0.250. The minimum atomic E-state index is 0. The van der Waals surface area contributed by atoms with Gasteiger partial charge in [-0.3, -0.25) is 0 Å². The molecule has 0 spiro atoms. The molecule has 0 aromatic heterocycles. The van der Waals surface area contributed by atoms with Crippen molar-refractivity contribution in [3.8, 4) is 0 Å². The van der Waals surface area contributed by atoms with E-state index < -0.39 is 0 Å². The second-order valence-electron chi connectivity index (χ2n) is 1.15. The largest absolute Gasteiger partial charge is 0.0776 e. The van der Waals surface area contributed by atoms with E-state index in [1.165, 1.54) is 0 Å². The number of hydrogen-bond donors (Lipinski definition) is 0. The topological polar surface area (TPSA) is 0 Å². The third kappa shape index (κ3) is 7.80. The molecule has 0 fully saturated rings. The van der Waals surface area contributed by atoms with E-state index in [1.807, 2.05) is 36.4 Å². The molecule has 0 heterocycles. The maximum Gasteiger partial charge on any atom is 0 e. The zero-order valence-corrected chi connectivity index (χ0v) is 5.31. The van der Waals surface area contributed by atoms with Crippen LogP contribution in [-0.2, 0) is 18.6 Å². The van der Waals surface area contributed by atoms with E-state index in [9.17, 15) is 0 Å². The Labute approximate surface area is 70.2 Å². The van der Waals surface area contributed by atoms with Gasteiger partial charge in [0, 0.05) is 18.6 Å². The van der Waals surface area contributed by atoms with Crippen molar-refractivity contribution in [3.63, 3.8) is 0 Å². The first-order valence-electron chi connectivity index (χ1n) is 2.00. The molecule has 0 aliphatic heterocycles. The predicted octanol–water partition coefficient (Wildman–Crippen LogP) is 2.96. The minimum absolute atomic E-state index is 0. The Kier molecular flexibility index (Phi) is 19.0. The first-order chi connectivity index (χ1) is 3.00. The predicted molar refractivity (Wildman–Crippen MR) is 39.9 cm³/mol. The number of rotatable bonds is 0. The van der Waals surface area contributed by atoms with Gasteiger partial charge >= 0.3 is 0 Å². The zero-order chi connectivity index (χ0) is 4.24. The molecular formula is C8H14V. The van der Waals surface area contributed by atoms with E-state index in [-0.39, 0.29) is 33.4 Å². The average Bonchev–Trinajstić information content (AvgIpc) is 1.72. The summed E-state index contributed by atoms with van der Waals surface area (Å²) in [5.41, 5.74) is 0. The van der Waals surface area contributed by atoms with Crippen LogP contribution >= 0.6 is 0 Å². The minimum Gasteiger partial charge on any atom is -0.0776 e. The molecular weight excluding hydrogens is 147 g/mol. The SMILES string of the molecule is C.C.[V].c1ccccc1. The van der Waals surface area contributed by atoms with Gasteiger partial charge in [0.05, 0.1) is 0 Å². The molecule has 51 valence electrons. The summed E-state index contributed by atoms with van der Waals surface area (Å²) in [4.78, 5) is 0. The third-order valence-corrected chi connectivity index (χ3v) is 0.667. The summed E-state index contributed by atoms with van der Waals surface area (Å²) in [5, 5.41) is 0. The Morgan fingerprint density at radius 3 is 0.667 bits per heavy atom. The van der Waals surface area contributed by atoms with Crippen LogP contribution in [0, 0.1) is 0 Å². The first-order valence-corrected chi connectivity index (χ1v) is 2.00. The van der Waals surface area contributed by atoms with Gasteiger partial charge in [0.25, 0.3) is 0 Å². The van der Waals surface area contributed by atoms with Crippen LogP contribution in [0.3, 0.4) is 0 Å². The van der Waals surface area contributed by atoms with Crippen molar-refractivity contribution in [2.75, 3.05) is 0 Å². The van der Waals surface area contributed by atoms with E-state index in [0.29, 0.717) is 0 Å². The fourth-order valence-corrected chi connectivity index (χ4v) is 0.385. The van der Waals surface area contributed by atoms with Gasteiger partial charge in [-0.25, -0.2) is 0 Å². The van der Waals surface area contributed by atoms with Crippen LogP contribution < -0.4 is 0 Å². The van der Waals surface area contributed by atoms with Gasteiger partial charge in [-0.05, 0) is 0 Å².